The molecule has 0 spiro atoms. The van der Waals surface area contributed by atoms with Crippen LogP contribution in [0.1, 0.15) is 10.4 Å². The van der Waals surface area contributed by atoms with Gasteiger partial charge in [-0.2, -0.15) is 0 Å². The Labute approximate surface area is 152 Å². The van der Waals surface area contributed by atoms with E-state index < -0.39 is 11.7 Å². The highest BCUT2D eigenvalue weighted by atomic mass is 79.9. The fourth-order valence-corrected chi connectivity index (χ4v) is 2.86. The Morgan fingerprint density at radius 1 is 1.24 bits per heavy atom. The van der Waals surface area contributed by atoms with Gasteiger partial charge in [0.25, 0.3) is 5.91 Å². The number of aromatic nitrogens is 1. The van der Waals surface area contributed by atoms with Crippen LogP contribution >= 0.6 is 15.9 Å². The SMILES string of the molecule is CN(CC(=O)Nc1ccc(Br)cc1F)C(=O)c1c[nH]c2ccccc12. The Kier molecular flexibility index (Phi) is 4.85. The zero-order chi connectivity index (χ0) is 18.0. The number of aromatic amines is 1. The van der Waals surface area contributed by atoms with Gasteiger partial charge in [0.15, 0.2) is 0 Å². The van der Waals surface area contributed by atoms with E-state index >= 15 is 0 Å². The summed E-state index contributed by atoms with van der Waals surface area (Å²) in [4.78, 5) is 29.0. The van der Waals surface area contributed by atoms with E-state index in [0.29, 0.717) is 10.0 Å². The minimum atomic E-state index is -0.548. The van der Waals surface area contributed by atoms with Crippen molar-refractivity contribution in [3.8, 4) is 0 Å². The van der Waals surface area contributed by atoms with Crippen molar-refractivity contribution in [2.75, 3.05) is 18.9 Å². The van der Waals surface area contributed by atoms with Gasteiger partial charge in [0.1, 0.15) is 5.82 Å². The van der Waals surface area contributed by atoms with Crippen molar-refractivity contribution in [1.29, 1.82) is 0 Å². The number of likely N-dealkylation sites (N-methyl/N-ethyl adjacent to an activating group) is 1. The Hall–Kier alpha value is -2.67. The third-order valence-corrected chi connectivity index (χ3v) is 4.25. The van der Waals surface area contributed by atoms with Gasteiger partial charge in [0.05, 0.1) is 17.8 Å². The van der Waals surface area contributed by atoms with Gasteiger partial charge < -0.3 is 15.2 Å². The molecular formula is C18H15BrFN3O2. The number of anilines is 1. The monoisotopic (exact) mass is 403 g/mol. The maximum Gasteiger partial charge on any atom is 0.256 e. The molecule has 0 saturated carbocycles. The van der Waals surface area contributed by atoms with Crippen LogP contribution in [0.3, 0.4) is 0 Å². The molecule has 0 radical (unpaired) electrons. The van der Waals surface area contributed by atoms with Crippen molar-refractivity contribution in [3.05, 3.63) is 64.5 Å². The zero-order valence-electron chi connectivity index (χ0n) is 13.3. The lowest BCUT2D eigenvalue weighted by atomic mass is 10.1. The largest absolute Gasteiger partial charge is 0.360 e. The molecule has 0 aliphatic heterocycles. The Morgan fingerprint density at radius 3 is 2.76 bits per heavy atom. The van der Waals surface area contributed by atoms with Crippen LogP contribution < -0.4 is 5.32 Å². The summed E-state index contributed by atoms with van der Waals surface area (Å²) < 4.78 is 14.4. The Morgan fingerprint density at radius 2 is 2.00 bits per heavy atom. The molecule has 7 heteroatoms. The fourth-order valence-electron chi connectivity index (χ4n) is 2.52. The van der Waals surface area contributed by atoms with Gasteiger partial charge >= 0.3 is 0 Å². The van der Waals surface area contributed by atoms with Crippen molar-refractivity contribution >= 4 is 44.3 Å². The van der Waals surface area contributed by atoms with E-state index in [1.54, 1.807) is 12.3 Å². The smallest absolute Gasteiger partial charge is 0.256 e. The highest BCUT2D eigenvalue weighted by Crippen LogP contribution is 2.20. The maximum atomic E-state index is 13.8. The first-order valence-electron chi connectivity index (χ1n) is 7.52. The summed E-state index contributed by atoms with van der Waals surface area (Å²) in [5.41, 5.74) is 1.41. The highest BCUT2D eigenvalue weighted by Gasteiger charge is 2.18. The van der Waals surface area contributed by atoms with Crippen molar-refractivity contribution in [1.82, 2.24) is 9.88 Å². The maximum absolute atomic E-state index is 13.8. The second-order valence-electron chi connectivity index (χ2n) is 5.58. The molecule has 25 heavy (non-hydrogen) atoms. The molecule has 0 saturated heterocycles. The molecule has 2 aromatic carbocycles. The highest BCUT2D eigenvalue weighted by molar-refractivity contribution is 9.10. The van der Waals surface area contributed by atoms with E-state index in [1.165, 1.54) is 24.1 Å². The first-order chi connectivity index (χ1) is 12.0. The van der Waals surface area contributed by atoms with Crippen molar-refractivity contribution in [2.45, 2.75) is 0 Å². The lowest BCUT2D eigenvalue weighted by Gasteiger charge is -2.16. The average molecular weight is 404 g/mol. The second-order valence-corrected chi connectivity index (χ2v) is 6.50. The van der Waals surface area contributed by atoms with Crippen molar-refractivity contribution in [3.63, 3.8) is 0 Å². The number of fused-ring (bicyclic) bond motifs is 1. The number of rotatable bonds is 4. The summed E-state index contributed by atoms with van der Waals surface area (Å²) in [7, 11) is 1.53. The summed E-state index contributed by atoms with van der Waals surface area (Å²) in [5, 5.41) is 3.26. The van der Waals surface area contributed by atoms with Crippen molar-refractivity contribution in [2.24, 2.45) is 0 Å². The number of halogens is 2. The number of para-hydroxylation sites is 1. The predicted molar refractivity (Wildman–Crippen MR) is 98.0 cm³/mol. The molecule has 1 aromatic heterocycles. The van der Waals surface area contributed by atoms with Crippen LogP contribution in [0.5, 0.6) is 0 Å². The van der Waals surface area contributed by atoms with Gasteiger partial charge in [-0.25, -0.2) is 4.39 Å². The van der Waals surface area contributed by atoms with Crippen LogP contribution in [-0.2, 0) is 4.79 Å². The first-order valence-corrected chi connectivity index (χ1v) is 8.31. The van der Waals surface area contributed by atoms with Gasteiger partial charge in [-0.1, -0.05) is 34.1 Å². The second kappa shape index (κ2) is 7.06. The molecule has 2 amide bonds. The van der Waals surface area contributed by atoms with Gasteiger partial charge in [-0.3, -0.25) is 9.59 Å². The molecule has 0 fully saturated rings. The molecular weight excluding hydrogens is 389 g/mol. The van der Waals surface area contributed by atoms with E-state index in [9.17, 15) is 14.0 Å². The minimum Gasteiger partial charge on any atom is -0.360 e. The molecule has 1 heterocycles. The third-order valence-electron chi connectivity index (χ3n) is 3.75. The zero-order valence-corrected chi connectivity index (χ0v) is 14.9. The van der Waals surface area contributed by atoms with Crippen LogP contribution in [0.4, 0.5) is 10.1 Å². The number of amides is 2. The van der Waals surface area contributed by atoms with Crippen LogP contribution in [0.25, 0.3) is 10.9 Å². The molecule has 0 aliphatic carbocycles. The van der Waals surface area contributed by atoms with E-state index in [4.69, 9.17) is 0 Å². The van der Waals surface area contributed by atoms with Crippen LogP contribution in [0, 0.1) is 5.82 Å². The lowest BCUT2D eigenvalue weighted by Crippen LogP contribution is -2.35. The van der Waals surface area contributed by atoms with Gasteiger partial charge in [0.2, 0.25) is 5.91 Å². The fraction of sp³-hybridized carbons (Fsp3) is 0.111. The molecule has 5 nitrogen and oxygen atoms in total. The number of nitrogens with one attached hydrogen (secondary N) is 2. The topological polar surface area (TPSA) is 65.2 Å². The van der Waals surface area contributed by atoms with Crippen LogP contribution in [0.15, 0.2) is 53.1 Å². The van der Waals surface area contributed by atoms with Crippen LogP contribution in [0.2, 0.25) is 0 Å². The van der Waals surface area contributed by atoms with Crippen LogP contribution in [-0.4, -0.2) is 35.3 Å². The summed E-state index contributed by atoms with van der Waals surface area (Å²) in [6, 6.07) is 11.8. The molecule has 0 aliphatic rings. The van der Waals surface area contributed by atoms with E-state index in [2.05, 4.69) is 26.2 Å². The molecule has 0 unspecified atom stereocenters. The summed E-state index contributed by atoms with van der Waals surface area (Å²) in [6.45, 7) is -0.187. The molecule has 3 rings (SSSR count). The quantitative estimate of drug-likeness (QED) is 0.695. The Bertz CT molecular complexity index is 954. The van der Waals surface area contributed by atoms with E-state index in [-0.39, 0.29) is 18.1 Å². The number of carbonyl (C=O) groups excluding carboxylic acids is 2. The molecule has 0 atom stereocenters. The van der Waals surface area contributed by atoms with Gasteiger partial charge in [0, 0.05) is 28.6 Å². The summed E-state index contributed by atoms with van der Waals surface area (Å²) in [6.07, 6.45) is 1.62. The Balaban J connectivity index is 1.69. The molecule has 3 aromatic rings. The lowest BCUT2D eigenvalue weighted by molar-refractivity contribution is -0.116. The number of hydrogen-bond donors (Lipinski definition) is 2. The molecule has 128 valence electrons. The normalized spacial score (nSPS) is 10.7. The number of carbonyl (C=O) groups is 2. The summed E-state index contributed by atoms with van der Waals surface area (Å²) in [5.74, 6) is -1.31. The minimum absolute atomic E-state index is 0.0705. The van der Waals surface area contributed by atoms with Gasteiger partial charge in [-0.15, -0.1) is 0 Å². The van der Waals surface area contributed by atoms with Gasteiger partial charge in [-0.05, 0) is 24.3 Å². The number of hydrogen-bond acceptors (Lipinski definition) is 2. The number of nitrogens with zero attached hydrogens (tertiary/aromatic N) is 1. The van der Waals surface area contributed by atoms with Crippen molar-refractivity contribution < 1.29 is 14.0 Å². The number of H-pyrrole nitrogens is 1. The number of benzene rings is 2. The van der Waals surface area contributed by atoms with E-state index in [1.807, 2.05) is 24.3 Å². The molecule has 0 bridgehead atoms. The molecule has 2 N–H and O–H groups in total. The summed E-state index contributed by atoms with van der Waals surface area (Å²) >= 11 is 3.16. The average Bonchev–Trinajstić information content (AvgIpc) is 3.00. The first kappa shape index (κ1) is 17.2. The predicted octanol–water partition coefficient (Wildman–Crippen LogP) is 3.78. The van der Waals surface area contributed by atoms with E-state index in [0.717, 1.165) is 10.9 Å². The standard InChI is InChI=1S/C18H15BrFN3O2/c1-23(10-17(24)22-16-7-6-11(19)8-14(16)20)18(25)13-9-21-15-5-3-2-4-12(13)15/h2-9,21H,10H2,1H3,(H,22,24). The third kappa shape index (κ3) is 3.71.